The third-order valence-electron chi connectivity index (χ3n) is 6.04. The van der Waals surface area contributed by atoms with E-state index in [1.165, 1.54) is 29.6 Å². The third-order valence-corrected chi connectivity index (χ3v) is 6.04. The highest BCUT2D eigenvalue weighted by atomic mass is 19.1. The van der Waals surface area contributed by atoms with Crippen LogP contribution in [0, 0.1) is 23.0 Å². The van der Waals surface area contributed by atoms with Gasteiger partial charge in [-0.3, -0.25) is 4.98 Å². The first-order valence-electron chi connectivity index (χ1n) is 10.6. The molecule has 0 bridgehead atoms. The average Bonchev–Trinajstić information content (AvgIpc) is 2.83. The maximum atomic E-state index is 15.7. The van der Waals surface area contributed by atoms with E-state index in [9.17, 15) is 14.3 Å². The van der Waals surface area contributed by atoms with Gasteiger partial charge in [0.05, 0.1) is 23.9 Å². The zero-order valence-corrected chi connectivity index (χ0v) is 17.8. The number of hydrogen-bond acceptors (Lipinski definition) is 6. The molecule has 1 fully saturated rings. The molecule has 1 aliphatic rings. The van der Waals surface area contributed by atoms with Crippen molar-refractivity contribution in [1.29, 1.82) is 5.26 Å². The Hall–Kier alpha value is -4.39. The summed E-state index contributed by atoms with van der Waals surface area (Å²) in [5.41, 5.74) is 0.325. The fourth-order valence-corrected chi connectivity index (χ4v) is 4.47. The molecule has 1 amide bonds. The average molecular weight is 460 g/mol. The van der Waals surface area contributed by atoms with E-state index in [0.717, 1.165) is 0 Å². The highest BCUT2D eigenvalue weighted by Crippen LogP contribution is 2.34. The van der Waals surface area contributed by atoms with Gasteiger partial charge in [0.25, 0.3) is 0 Å². The summed E-state index contributed by atoms with van der Waals surface area (Å²) < 4.78 is 30.0. The number of halogens is 2. The number of nitriles is 1. The molecular formula is C24H18F2N6O2. The van der Waals surface area contributed by atoms with Crippen molar-refractivity contribution in [2.75, 3.05) is 24.5 Å². The topological polar surface area (TPSA) is 106 Å². The van der Waals surface area contributed by atoms with Crippen LogP contribution in [0.5, 0.6) is 0 Å². The van der Waals surface area contributed by atoms with E-state index in [2.05, 4.69) is 15.0 Å². The summed E-state index contributed by atoms with van der Waals surface area (Å²) in [7, 11) is 0. The maximum absolute atomic E-state index is 15.7. The lowest BCUT2D eigenvalue weighted by Gasteiger charge is -2.39. The second kappa shape index (κ2) is 8.51. The van der Waals surface area contributed by atoms with Gasteiger partial charge in [0.2, 0.25) is 0 Å². The van der Waals surface area contributed by atoms with Crippen molar-refractivity contribution in [3.8, 4) is 17.3 Å². The molecule has 0 unspecified atom stereocenters. The lowest BCUT2D eigenvalue weighted by molar-refractivity contribution is 0.119. The summed E-state index contributed by atoms with van der Waals surface area (Å²) in [6, 6.07) is 11.2. The molecule has 0 radical (unpaired) electrons. The van der Waals surface area contributed by atoms with Crippen molar-refractivity contribution >= 4 is 33.6 Å². The molecule has 8 nitrogen and oxygen atoms in total. The largest absolute Gasteiger partial charge is 0.465 e. The summed E-state index contributed by atoms with van der Waals surface area (Å²) >= 11 is 0. The minimum absolute atomic E-state index is 0.0223. The predicted molar refractivity (Wildman–Crippen MR) is 121 cm³/mol. The molecular weight excluding hydrogens is 442 g/mol. The predicted octanol–water partition coefficient (Wildman–Crippen LogP) is 4.21. The van der Waals surface area contributed by atoms with Gasteiger partial charge >= 0.3 is 6.09 Å². The molecule has 2 aromatic carbocycles. The second-order valence-electron chi connectivity index (χ2n) is 7.99. The highest BCUT2D eigenvalue weighted by Gasteiger charge is 2.32. The molecule has 5 rings (SSSR count). The van der Waals surface area contributed by atoms with Crippen molar-refractivity contribution in [3.05, 3.63) is 60.6 Å². The second-order valence-corrected chi connectivity index (χ2v) is 7.99. The number of piperazine rings is 1. The summed E-state index contributed by atoms with van der Waals surface area (Å²) in [6.07, 6.45) is 1.62. The minimum atomic E-state index is -1.09. The van der Waals surface area contributed by atoms with Crippen LogP contribution in [0.25, 0.3) is 32.9 Å². The Bertz CT molecular complexity index is 1470. The lowest BCUT2D eigenvalue weighted by atomic mass is 10.0. The number of anilines is 1. The number of benzene rings is 2. The number of hydrogen-bond donors (Lipinski definition) is 1. The van der Waals surface area contributed by atoms with Crippen LogP contribution in [0.1, 0.15) is 6.42 Å². The summed E-state index contributed by atoms with van der Waals surface area (Å²) in [5.74, 6) is -0.798. The number of aromatic nitrogens is 3. The van der Waals surface area contributed by atoms with E-state index in [1.54, 1.807) is 24.3 Å². The normalized spacial score (nSPS) is 16.1. The van der Waals surface area contributed by atoms with E-state index >= 15 is 4.39 Å². The number of amides is 1. The van der Waals surface area contributed by atoms with E-state index in [0.29, 0.717) is 34.1 Å². The number of rotatable bonds is 3. The first-order chi connectivity index (χ1) is 16.5. The van der Waals surface area contributed by atoms with Gasteiger partial charge in [-0.2, -0.15) is 5.26 Å². The van der Waals surface area contributed by atoms with E-state index in [1.807, 2.05) is 11.0 Å². The monoisotopic (exact) mass is 460 g/mol. The zero-order chi connectivity index (χ0) is 23.8. The van der Waals surface area contributed by atoms with Gasteiger partial charge in [0, 0.05) is 31.4 Å². The van der Waals surface area contributed by atoms with E-state index < -0.39 is 23.8 Å². The Morgan fingerprint density at radius 1 is 1.15 bits per heavy atom. The first-order valence-corrected chi connectivity index (χ1v) is 10.6. The van der Waals surface area contributed by atoms with Crippen LogP contribution >= 0.6 is 0 Å². The molecule has 3 heterocycles. The van der Waals surface area contributed by atoms with Crippen LogP contribution < -0.4 is 4.90 Å². The lowest BCUT2D eigenvalue weighted by Crippen LogP contribution is -2.55. The van der Waals surface area contributed by atoms with Crippen LogP contribution in [-0.4, -0.2) is 56.7 Å². The van der Waals surface area contributed by atoms with Gasteiger partial charge in [-0.1, -0.05) is 24.3 Å². The number of carboxylic acid groups (broad SMARTS) is 1. The van der Waals surface area contributed by atoms with Crippen LogP contribution in [0.4, 0.5) is 19.4 Å². The maximum Gasteiger partial charge on any atom is 0.407 e. The van der Waals surface area contributed by atoms with Crippen LogP contribution in [0.15, 0.2) is 48.9 Å². The minimum Gasteiger partial charge on any atom is -0.465 e. The zero-order valence-electron chi connectivity index (χ0n) is 17.8. The van der Waals surface area contributed by atoms with Crippen molar-refractivity contribution in [3.63, 3.8) is 0 Å². The van der Waals surface area contributed by atoms with Crippen LogP contribution in [0.3, 0.4) is 0 Å². The number of nitrogens with zero attached hydrogens (tertiary/aromatic N) is 6. The third kappa shape index (κ3) is 3.61. The van der Waals surface area contributed by atoms with Crippen molar-refractivity contribution < 1.29 is 18.7 Å². The highest BCUT2D eigenvalue weighted by molar-refractivity contribution is 5.98. The molecule has 1 N–H and O–H groups in total. The van der Waals surface area contributed by atoms with Crippen LogP contribution in [0.2, 0.25) is 0 Å². The summed E-state index contributed by atoms with van der Waals surface area (Å²) in [6.45, 7) is 0.721. The van der Waals surface area contributed by atoms with Gasteiger partial charge in [-0.05, 0) is 22.9 Å². The molecule has 1 saturated heterocycles. The Kier molecular flexibility index (Phi) is 5.37. The Labute approximate surface area is 192 Å². The molecule has 0 spiro atoms. The quantitative estimate of drug-likeness (QED) is 0.488. The molecule has 10 heteroatoms. The smallest absolute Gasteiger partial charge is 0.407 e. The molecule has 2 aromatic heterocycles. The van der Waals surface area contributed by atoms with Gasteiger partial charge < -0.3 is 14.9 Å². The van der Waals surface area contributed by atoms with Gasteiger partial charge in [-0.15, -0.1) is 0 Å². The van der Waals surface area contributed by atoms with Crippen LogP contribution in [-0.2, 0) is 0 Å². The number of pyridine rings is 1. The Morgan fingerprint density at radius 3 is 2.76 bits per heavy atom. The Balaban J connectivity index is 1.59. The number of fused-ring (bicyclic) bond motifs is 2. The molecule has 1 atom stereocenters. The summed E-state index contributed by atoms with van der Waals surface area (Å²) in [5, 5.41) is 20.2. The standard InChI is InChI=1S/C24H18F2N6O2/c25-15-9-14-3-1-2-4-17(14)18(10-15)21-20(26)22-19(11-28-21)23(30-13-29-22)31-7-8-32(24(33)34)16(12-31)5-6-27/h1-4,9-11,13,16H,5,7-8,12H2,(H,33,34)/t16-/m0/s1. The molecule has 1 aliphatic heterocycles. The molecule has 0 saturated carbocycles. The fourth-order valence-electron chi connectivity index (χ4n) is 4.47. The Morgan fingerprint density at radius 2 is 1.97 bits per heavy atom. The molecule has 0 aliphatic carbocycles. The molecule has 34 heavy (non-hydrogen) atoms. The van der Waals surface area contributed by atoms with Gasteiger partial charge in [0.1, 0.15) is 29.2 Å². The van der Waals surface area contributed by atoms with Gasteiger partial charge in [-0.25, -0.2) is 23.5 Å². The summed E-state index contributed by atoms with van der Waals surface area (Å²) in [4.78, 5) is 27.3. The van der Waals surface area contributed by atoms with Crippen molar-refractivity contribution in [2.24, 2.45) is 0 Å². The number of carbonyl (C=O) groups is 1. The molecule has 170 valence electrons. The van der Waals surface area contributed by atoms with Gasteiger partial charge in [0.15, 0.2) is 5.82 Å². The van der Waals surface area contributed by atoms with Crippen molar-refractivity contribution in [1.82, 2.24) is 19.9 Å². The SMILES string of the molecule is N#CC[C@H]1CN(c2ncnc3c(F)c(-c4cc(F)cc5ccccc45)ncc23)CCN1C(=O)O. The van der Waals surface area contributed by atoms with E-state index in [-0.39, 0.29) is 30.7 Å². The van der Waals surface area contributed by atoms with E-state index in [4.69, 9.17) is 5.26 Å². The fraction of sp³-hybridized carbons (Fsp3) is 0.208. The first kappa shape index (κ1) is 21.5. The molecule has 4 aromatic rings. The van der Waals surface area contributed by atoms with Crippen molar-refractivity contribution in [2.45, 2.75) is 12.5 Å².